The van der Waals surface area contributed by atoms with Gasteiger partial charge in [0.15, 0.2) is 0 Å². The van der Waals surface area contributed by atoms with Gasteiger partial charge in [0.05, 0.1) is 17.4 Å². The van der Waals surface area contributed by atoms with E-state index in [1.54, 1.807) is 0 Å². The summed E-state index contributed by atoms with van der Waals surface area (Å²) >= 11 is 0. The Hall–Kier alpha value is -2.16. The van der Waals surface area contributed by atoms with Gasteiger partial charge in [-0.3, -0.25) is 4.79 Å². The predicted molar refractivity (Wildman–Crippen MR) is 71.9 cm³/mol. The molecule has 1 amide bonds. The summed E-state index contributed by atoms with van der Waals surface area (Å²) in [6.07, 6.45) is -4.90. The number of carboxylic acid groups (broad SMARTS) is 1. The van der Waals surface area contributed by atoms with Gasteiger partial charge in [0.2, 0.25) is 0 Å². The second-order valence-electron chi connectivity index (χ2n) is 5.23. The van der Waals surface area contributed by atoms with Crippen molar-refractivity contribution in [1.82, 2.24) is 9.88 Å². The molecule has 0 aromatic carbocycles. The molecule has 0 spiro atoms. The van der Waals surface area contributed by atoms with Gasteiger partial charge in [-0.15, -0.1) is 0 Å². The number of rotatable bonds is 3. The Bertz CT molecular complexity index is 633. The molecule has 1 N–H and O–H groups in total. The fourth-order valence-corrected chi connectivity index (χ4v) is 2.53. The molecule has 2 heterocycles. The van der Waals surface area contributed by atoms with Crippen LogP contribution in [0, 0.1) is 6.92 Å². The lowest BCUT2D eigenvalue weighted by molar-refractivity contribution is -0.142. The van der Waals surface area contributed by atoms with Crippen LogP contribution in [0.5, 0.6) is 0 Å². The number of aliphatic carboxylic acids is 1. The van der Waals surface area contributed by atoms with Crippen LogP contribution in [0.4, 0.5) is 13.2 Å². The largest absolute Gasteiger partial charge is 0.480 e. The molecule has 126 valence electrons. The number of carbonyl (C=O) groups excluding carboxylic acids is 1. The van der Waals surface area contributed by atoms with Gasteiger partial charge in [-0.25, -0.2) is 9.78 Å². The van der Waals surface area contributed by atoms with Crippen molar-refractivity contribution in [2.24, 2.45) is 0 Å². The number of nitrogens with zero attached hydrogens (tertiary/aromatic N) is 2. The minimum atomic E-state index is -4.61. The summed E-state index contributed by atoms with van der Waals surface area (Å²) < 4.78 is 42.9. The highest BCUT2D eigenvalue weighted by atomic mass is 19.4. The summed E-state index contributed by atoms with van der Waals surface area (Å²) in [5, 5.41) is 9.20. The number of hydrogen-bond acceptors (Lipinski definition) is 4. The minimum Gasteiger partial charge on any atom is -0.480 e. The van der Waals surface area contributed by atoms with Crippen molar-refractivity contribution in [3.63, 3.8) is 0 Å². The summed E-state index contributed by atoms with van der Waals surface area (Å²) in [5.74, 6) is -1.86. The zero-order chi connectivity index (χ0) is 17.4. The van der Waals surface area contributed by atoms with Gasteiger partial charge >= 0.3 is 12.1 Å². The number of methoxy groups -OCH3 is 1. The van der Waals surface area contributed by atoms with E-state index < -0.39 is 35.9 Å². The Morgan fingerprint density at radius 2 is 2.04 bits per heavy atom. The average molecular weight is 332 g/mol. The molecule has 0 radical (unpaired) electrons. The number of pyridine rings is 1. The molecule has 2 atom stereocenters. The number of halogens is 3. The summed E-state index contributed by atoms with van der Waals surface area (Å²) in [7, 11) is 1.41. The highest BCUT2D eigenvalue weighted by molar-refractivity contribution is 5.97. The van der Waals surface area contributed by atoms with Crippen LogP contribution >= 0.6 is 0 Å². The van der Waals surface area contributed by atoms with Gasteiger partial charge in [0.1, 0.15) is 11.7 Å². The summed E-state index contributed by atoms with van der Waals surface area (Å²) in [6.45, 7) is 1.34. The maximum absolute atomic E-state index is 12.6. The van der Waals surface area contributed by atoms with Crippen molar-refractivity contribution in [3.8, 4) is 0 Å². The Labute approximate surface area is 129 Å². The van der Waals surface area contributed by atoms with Gasteiger partial charge < -0.3 is 14.7 Å². The Morgan fingerprint density at radius 1 is 1.39 bits per heavy atom. The molecule has 6 nitrogen and oxygen atoms in total. The molecule has 0 bridgehead atoms. The zero-order valence-corrected chi connectivity index (χ0v) is 12.4. The molecule has 0 saturated carbocycles. The molecular weight excluding hydrogens is 317 g/mol. The van der Waals surface area contributed by atoms with E-state index in [1.165, 1.54) is 14.0 Å². The fourth-order valence-electron chi connectivity index (χ4n) is 2.53. The monoisotopic (exact) mass is 332 g/mol. The van der Waals surface area contributed by atoms with Gasteiger partial charge in [-0.1, -0.05) is 0 Å². The van der Waals surface area contributed by atoms with E-state index in [1.807, 2.05) is 0 Å². The number of likely N-dealkylation sites (tertiary alicyclic amines) is 1. The van der Waals surface area contributed by atoms with E-state index in [9.17, 15) is 27.9 Å². The maximum Gasteiger partial charge on any atom is 0.433 e. The fraction of sp³-hybridized carbons (Fsp3) is 0.500. The molecular formula is C14H15F3N2O4. The van der Waals surface area contributed by atoms with Crippen molar-refractivity contribution in [2.45, 2.75) is 31.7 Å². The number of alkyl halides is 3. The van der Waals surface area contributed by atoms with E-state index >= 15 is 0 Å². The van der Waals surface area contributed by atoms with Crippen LogP contribution < -0.4 is 0 Å². The van der Waals surface area contributed by atoms with E-state index in [0.717, 1.165) is 11.0 Å². The molecule has 1 fully saturated rings. The van der Waals surface area contributed by atoms with Crippen LogP contribution in [-0.4, -0.2) is 52.7 Å². The normalized spacial score (nSPS) is 21.5. The van der Waals surface area contributed by atoms with Crippen molar-refractivity contribution < 1.29 is 32.6 Å². The van der Waals surface area contributed by atoms with Crippen LogP contribution in [0.25, 0.3) is 0 Å². The first-order valence-electron chi connectivity index (χ1n) is 6.76. The van der Waals surface area contributed by atoms with Crippen LogP contribution in [0.2, 0.25) is 0 Å². The number of carboxylic acids is 1. The molecule has 9 heteroatoms. The molecule has 2 unspecified atom stereocenters. The Kier molecular flexibility index (Phi) is 4.60. The Morgan fingerprint density at radius 3 is 2.52 bits per heavy atom. The SMILES string of the molecule is COC1CC(C(=O)O)N(C(=O)c2ccc(C(F)(F)F)nc2C)C1. The molecule has 1 aliphatic heterocycles. The highest BCUT2D eigenvalue weighted by Crippen LogP contribution is 2.29. The lowest BCUT2D eigenvalue weighted by Gasteiger charge is -2.22. The van der Waals surface area contributed by atoms with Crippen molar-refractivity contribution >= 4 is 11.9 Å². The topological polar surface area (TPSA) is 79.7 Å². The molecule has 0 aliphatic carbocycles. The number of carbonyl (C=O) groups is 2. The highest BCUT2D eigenvalue weighted by Gasteiger charge is 2.41. The number of ether oxygens (including phenoxy) is 1. The molecule has 1 aromatic heterocycles. The second kappa shape index (κ2) is 6.15. The number of aromatic nitrogens is 1. The van der Waals surface area contributed by atoms with Gasteiger partial charge in [0, 0.05) is 20.1 Å². The average Bonchev–Trinajstić information content (AvgIpc) is 2.90. The molecule has 1 saturated heterocycles. The van der Waals surface area contributed by atoms with E-state index in [4.69, 9.17) is 4.74 Å². The van der Waals surface area contributed by atoms with Crippen LogP contribution in [0.3, 0.4) is 0 Å². The third-order valence-electron chi connectivity index (χ3n) is 3.75. The quantitative estimate of drug-likeness (QED) is 0.912. The van der Waals surface area contributed by atoms with Crippen molar-refractivity contribution in [3.05, 3.63) is 29.1 Å². The summed E-state index contributed by atoms with van der Waals surface area (Å²) in [6, 6.07) is 0.654. The zero-order valence-electron chi connectivity index (χ0n) is 12.4. The van der Waals surface area contributed by atoms with Crippen LogP contribution in [0.1, 0.15) is 28.2 Å². The van der Waals surface area contributed by atoms with Crippen LogP contribution in [-0.2, 0) is 15.7 Å². The van der Waals surface area contributed by atoms with E-state index in [-0.39, 0.29) is 24.2 Å². The lowest BCUT2D eigenvalue weighted by Crippen LogP contribution is -2.41. The van der Waals surface area contributed by atoms with Gasteiger partial charge in [-0.2, -0.15) is 13.2 Å². The third kappa shape index (κ3) is 3.44. The standard InChI is InChI=1S/C14H15F3N2O4/c1-7-9(3-4-11(18-7)14(15,16)17)12(20)19-6-8(23-2)5-10(19)13(21)22/h3-4,8,10H,5-6H2,1-2H3,(H,21,22). The maximum atomic E-state index is 12.6. The van der Waals surface area contributed by atoms with Crippen molar-refractivity contribution in [2.75, 3.05) is 13.7 Å². The first-order valence-corrected chi connectivity index (χ1v) is 6.76. The molecule has 2 rings (SSSR count). The molecule has 1 aliphatic rings. The second-order valence-corrected chi connectivity index (χ2v) is 5.23. The Balaban J connectivity index is 2.31. The van der Waals surface area contributed by atoms with Crippen LogP contribution in [0.15, 0.2) is 12.1 Å². The number of hydrogen-bond donors (Lipinski definition) is 1. The summed E-state index contributed by atoms with van der Waals surface area (Å²) in [4.78, 5) is 28.2. The predicted octanol–water partition coefficient (Wildman–Crippen LogP) is 1.72. The van der Waals surface area contributed by atoms with Gasteiger partial charge in [-0.05, 0) is 19.1 Å². The molecule has 1 aromatic rings. The van der Waals surface area contributed by atoms with E-state index in [2.05, 4.69) is 4.98 Å². The summed E-state index contributed by atoms with van der Waals surface area (Å²) in [5.41, 5.74) is -1.26. The van der Waals surface area contributed by atoms with E-state index in [0.29, 0.717) is 6.07 Å². The smallest absolute Gasteiger partial charge is 0.433 e. The first-order chi connectivity index (χ1) is 10.6. The lowest BCUT2D eigenvalue weighted by atomic mass is 10.1. The van der Waals surface area contributed by atoms with Gasteiger partial charge in [0.25, 0.3) is 5.91 Å². The van der Waals surface area contributed by atoms with Crippen molar-refractivity contribution in [1.29, 1.82) is 0 Å². The molecule has 23 heavy (non-hydrogen) atoms. The number of amides is 1. The third-order valence-corrected chi connectivity index (χ3v) is 3.75. The first kappa shape index (κ1) is 17.2. The number of aryl methyl sites for hydroxylation is 1. The minimum absolute atomic E-state index is 0.0546.